The van der Waals surface area contributed by atoms with E-state index in [1.807, 2.05) is 24.4 Å². The van der Waals surface area contributed by atoms with Crippen LogP contribution in [0.3, 0.4) is 0 Å². The Bertz CT molecular complexity index is 1010. The summed E-state index contributed by atoms with van der Waals surface area (Å²) in [6, 6.07) is 5.46. The first-order valence-corrected chi connectivity index (χ1v) is 11.4. The summed E-state index contributed by atoms with van der Waals surface area (Å²) in [5.41, 5.74) is 0.661. The average molecular weight is 441 g/mol. The molecule has 1 fully saturated rings. The van der Waals surface area contributed by atoms with Crippen LogP contribution < -0.4 is 5.32 Å². The third-order valence-corrected chi connectivity index (χ3v) is 6.10. The van der Waals surface area contributed by atoms with Gasteiger partial charge >= 0.3 is 0 Å². The predicted octanol–water partition coefficient (Wildman–Crippen LogP) is 3.38. The van der Waals surface area contributed by atoms with E-state index in [1.54, 1.807) is 12.3 Å². The minimum Gasteiger partial charge on any atom is -0.458 e. The summed E-state index contributed by atoms with van der Waals surface area (Å²) in [5, 5.41) is 5.61. The lowest BCUT2D eigenvalue weighted by Crippen LogP contribution is -2.41. The average Bonchev–Trinajstić information content (AvgIpc) is 3.41. The van der Waals surface area contributed by atoms with E-state index in [2.05, 4.69) is 44.2 Å². The van der Waals surface area contributed by atoms with Gasteiger partial charge in [0.15, 0.2) is 11.6 Å². The first-order valence-electron chi connectivity index (χ1n) is 10.5. The molecule has 0 spiro atoms. The molecule has 9 heteroatoms. The van der Waals surface area contributed by atoms with Crippen molar-refractivity contribution in [2.45, 2.75) is 19.8 Å². The number of likely N-dealkylation sites (tertiary alicyclic amines) is 1. The zero-order valence-corrected chi connectivity index (χ0v) is 19.0. The first-order chi connectivity index (χ1) is 15.0. The van der Waals surface area contributed by atoms with Crippen LogP contribution in [0.15, 0.2) is 34.2 Å². The lowest BCUT2D eigenvalue weighted by Gasteiger charge is -2.32. The summed E-state index contributed by atoms with van der Waals surface area (Å²) in [4.78, 5) is 30.6. The van der Waals surface area contributed by atoms with E-state index >= 15 is 0 Å². The van der Waals surface area contributed by atoms with Crippen LogP contribution in [0.2, 0.25) is 0 Å². The van der Waals surface area contributed by atoms with Gasteiger partial charge in [0.25, 0.3) is 0 Å². The Morgan fingerprint density at radius 2 is 2.10 bits per heavy atom. The molecule has 1 saturated heterocycles. The fourth-order valence-electron chi connectivity index (χ4n) is 3.86. The molecule has 4 rings (SSSR count). The minimum absolute atomic E-state index is 0.0728. The molecule has 3 aromatic heterocycles. The van der Waals surface area contributed by atoms with Gasteiger partial charge in [0.1, 0.15) is 22.3 Å². The van der Waals surface area contributed by atoms with Crippen molar-refractivity contribution in [3.63, 3.8) is 0 Å². The molecule has 8 nitrogen and oxygen atoms in total. The Hall–Kier alpha value is -2.62. The lowest BCUT2D eigenvalue weighted by atomic mass is 9.96. The Kier molecular flexibility index (Phi) is 6.74. The van der Waals surface area contributed by atoms with Crippen molar-refractivity contribution in [3.05, 3.63) is 35.5 Å². The van der Waals surface area contributed by atoms with Gasteiger partial charge in [-0.15, -0.1) is 11.3 Å². The van der Waals surface area contributed by atoms with Crippen LogP contribution in [0.4, 0.5) is 5.82 Å². The second-order valence-electron chi connectivity index (χ2n) is 8.24. The Labute approximate surface area is 186 Å². The fourth-order valence-corrected chi connectivity index (χ4v) is 4.46. The highest BCUT2D eigenvalue weighted by Gasteiger charge is 2.22. The Morgan fingerprint density at radius 3 is 2.74 bits per heavy atom. The second kappa shape index (κ2) is 9.67. The van der Waals surface area contributed by atoms with Crippen molar-refractivity contribution >= 4 is 23.1 Å². The highest BCUT2D eigenvalue weighted by atomic mass is 32.1. The number of nitrogens with zero attached hydrogens (tertiary/aromatic N) is 5. The van der Waals surface area contributed by atoms with E-state index in [0.717, 1.165) is 43.2 Å². The number of hydrogen-bond donors (Lipinski definition) is 1. The highest BCUT2D eigenvalue weighted by Crippen LogP contribution is 2.27. The molecule has 4 heterocycles. The van der Waals surface area contributed by atoms with Crippen LogP contribution in [0.25, 0.3) is 22.3 Å². The molecule has 0 aliphatic carbocycles. The molecule has 0 radical (unpaired) electrons. The minimum atomic E-state index is -0.0728. The molecule has 31 heavy (non-hydrogen) atoms. The van der Waals surface area contributed by atoms with E-state index in [1.165, 1.54) is 11.3 Å². The molecule has 1 aliphatic heterocycles. The van der Waals surface area contributed by atoms with Gasteiger partial charge < -0.3 is 14.6 Å². The number of nitrogens with one attached hydrogen (secondary N) is 1. The summed E-state index contributed by atoms with van der Waals surface area (Å²) in [6.45, 7) is 5.22. The zero-order valence-electron chi connectivity index (χ0n) is 18.2. The summed E-state index contributed by atoms with van der Waals surface area (Å²) in [7, 11) is 4.22. The van der Waals surface area contributed by atoms with Crippen LogP contribution in [-0.2, 0) is 4.79 Å². The number of hydrogen-bond acceptors (Lipinski definition) is 8. The van der Waals surface area contributed by atoms with E-state index < -0.39 is 0 Å². The molecular formula is C22H28N6O2S. The number of aryl methyl sites for hydroxylation is 1. The smallest absolute Gasteiger partial charge is 0.239 e. The number of carbonyl (C=O) groups is 1. The van der Waals surface area contributed by atoms with Crippen molar-refractivity contribution in [1.82, 2.24) is 24.8 Å². The number of aromatic nitrogens is 3. The Balaban J connectivity index is 1.45. The van der Waals surface area contributed by atoms with Gasteiger partial charge in [0, 0.05) is 24.2 Å². The quantitative estimate of drug-likeness (QED) is 0.603. The number of amides is 1. The molecule has 0 saturated carbocycles. The monoisotopic (exact) mass is 440 g/mol. The lowest BCUT2D eigenvalue weighted by molar-refractivity contribution is -0.117. The summed E-state index contributed by atoms with van der Waals surface area (Å²) < 4.78 is 5.69. The van der Waals surface area contributed by atoms with Gasteiger partial charge in [-0.3, -0.25) is 9.69 Å². The third kappa shape index (κ3) is 5.75. The molecule has 0 aromatic carbocycles. The maximum atomic E-state index is 12.7. The van der Waals surface area contributed by atoms with E-state index in [-0.39, 0.29) is 5.91 Å². The van der Waals surface area contributed by atoms with Crippen molar-refractivity contribution in [1.29, 1.82) is 0 Å². The molecule has 0 atom stereocenters. The number of furan rings is 1. The Morgan fingerprint density at radius 1 is 1.29 bits per heavy atom. The molecule has 0 bridgehead atoms. The van der Waals surface area contributed by atoms with Gasteiger partial charge in [-0.1, -0.05) is 0 Å². The highest BCUT2D eigenvalue weighted by molar-refractivity contribution is 7.13. The number of anilines is 1. The van der Waals surface area contributed by atoms with E-state index in [0.29, 0.717) is 35.6 Å². The third-order valence-electron chi connectivity index (χ3n) is 5.30. The normalized spacial score (nSPS) is 15.5. The number of rotatable bonds is 7. The molecule has 1 aliphatic rings. The SMILES string of the molecule is Cc1ccc(-c2nc(NC(=O)CN3CCC(CN(C)C)CC3)cc(-c3nccs3)n2)o1. The van der Waals surface area contributed by atoms with Gasteiger partial charge in [-0.2, -0.15) is 0 Å². The van der Waals surface area contributed by atoms with Gasteiger partial charge in [-0.05, 0) is 65.0 Å². The molecule has 3 aromatic rings. The van der Waals surface area contributed by atoms with Gasteiger partial charge in [-0.25, -0.2) is 15.0 Å². The van der Waals surface area contributed by atoms with Crippen LogP contribution in [0, 0.1) is 12.8 Å². The molecular weight excluding hydrogens is 412 g/mol. The van der Waals surface area contributed by atoms with E-state index in [9.17, 15) is 4.79 Å². The number of thiazole rings is 1. The topological polar surface area (TPSA) is 87.4 Å². The van der Waals surface area contributed by atoms with Crippen LogP contribution in [0.1, 0.15) is 18.6 Å². The van der Waals surface area contributed by atoms with Crippen molar-refractivity contribution in [2.75, 3.05) is 45.6 Å². The largest absolute Gasteiger partial charge is 0.458 e. The molecule has 0 unspecified atom stereocenters. The van der Waals surface area contributed by atoms with Crippen LogP contribution >= 0.6 is 11.3 Å². The van der Waals surface area contributed by atoms with Crippen molar-refractivity contribution in [2.24, 2.45) is 5.92 Å². The standard InChI is InChI=1S/C22H28N6O2S/c1-15-4-5-18(30-15)21-24-17(22-23-8-11-31-22)12-19(26-21)25-20(29)14-28-9-6-16(7-10-28)13-27(2)3/h4-5,8,11-12,16H,6-7,9-10,13-14H2,1-3H3,(H,24,25,26,29). The maximum absolute atomic E-state index is 12.7. The fraction of sp³-hybridized carbons (Fsp3) is 0.455. The summed E-state index contributed by atoms with van der Waals surface area (Å²) in [6.07, 6.45) is 3.97. The summed E-state index contributed by atoms with van der Waals surface area (Å²) >= 11 is 1.49. The van der Waals surface area contributed by atoms with Crippen LogP contribution in [0.5, 0.6) is 0 Å². The molecule has 1 N–H and O–H groups in total. The van der Waals surface area contributed by atoms with E-state index in [4.69, 9.17) is 4.42 Å². The number of carbonyl (C=O) groups excluding carboxylic acids is 1. The number of piperidine rings is 1. The van der Waals surface area contributed by atoms with Crippen molar-refractivity contribution < 1.29 is 9.21 Å². The van der Waals surface area contributed by atoms with Gasteiger partial charge in [0.05, 0.1) is 6.54 Å². The maximum Gasteiger partial charge on any atom is 0.239 e. The first kappa shape index (κ1) is 21.6. The second-order valence-corrected chi connectivity index (χ2v) is 9.13. The zero-order chi connectivity index (χ0) is 21.8. The molecule has 1 amide bonds. The summed E-state index contributed by atoms with van der Waals surface area (Å²) in [5.74, 6) is 2.86. The van der Waals surface area contributed by atoms with Gasteiger partial charge in [0.2, 0.25) is 5.91 Å². The van der Waals surface area contributed by atoms with Crippen molar-refractivity contribution in [3.8, 4) is 22.3 Å². The molecule has 164 valence electrons. The predicted molar refractivity (Wildman–Crippen MR) is 122 cm³/mol. The van der Waals surface area contributed by atoms with Crippen LogP contribution in [-0.4, -0.2) is 70.9 Å².